The number of benzene rings is 1. The van der Waals surface area contributed by atoms with E-state index < -0.39 is 0 Å². The number of aryl methyl sites for hydroxylation is 1. The fourth-order valence-electron chi connectivity index (χ4n) is 2.52. The normalized spacial score (nSPS) is 25.2. The molecule has 2 heteroatoms. The lowest BCUT2D eigenvalue weighted by Gasteiger charge is -2.24. The van der Waals surface area contributed by atoms with E-state index in [9.17, 15) is 5.11 Å². The largest absolute Gasteiger partial charge is 0.393 e. The van der Waals surface area contributed by atoms with E-state index in [1.807, 2.05) is 0 Å². The molecule has 0 aromatic heterocycles. The van der Waals surface area contributed by atoms with E-state index in [0.717, 1.165) is 25.8 Å². The van der Waals surface area contributed by atoms with Gasteiger partial charge in [-0.1, -0.05) is 24.3 Å². The Morgan fingerprint density at radius 1 is 1.31 bits per heavy atom. The quantitative estimate of drug-likeness (QED) is 0.843. The van der Waals surface area contributed by atoms with E-state index in [-0.39, 0.29) is 6.10 Å². The Morgan fingerprint density at radius 2 is 2.06 bits per heavy atom. The minimum Gasteiger partial charge on any atom is -0.393 e. The predicted octanol–water partition coefficient (Wildman–Crippen LogP) is 2.34. The molecule has 1 fully saturated rings. The van der Waals surface area contributed by atoms with Crippen LogP contribution < -0.4 is 0 Å². The lowest BCUT2D eigenvalue weighted by atomic mass is 10.1. The van der Waals surface area contributed by atoms with Crippen molar-refractivity contribution in [1.29, 1.82) is 0 Å². The van der Waals surface area contributed by atoms with E-state index in [1.54, 1.807) is 0 Å². The van der Waals surface area contributed by atoms with Crippen molar-refractivity contribution in [2.45, 2.75) is 44.9 Å². The summed E-state index contributed by atoms with van der Waals surface area (Å²) < 4.78 is 0. The maximum absolute atomic E-state index is 9.54. The molecule has 88 valence electrons. The van der Waals surface area contributed by atoms with Crippen LogP contribution in [0.1, 0.15) is 30.4 Å². The molecule has 2 atom stereocenters. The molecule has 0 radical (unpaired) electrons. The van der Waals surface area contributed by atoms with Gasteiger partial charge in [0.1, 0.15) is 0 Å². The summed E-state index contributed by atoms with van der Waals surface area (Å²) in [5.74, 6) is 0. The average Bonchev–Trinajstić information content (AvgIpc) is 2.68. The molecule has 1 aliphatic carbocycles. The van der Waals surface area contributed by atoms with Crippen molar-refractivity contribution in [2.75, 3.05) is 7.05 Å². The number of aliphatic hydroxyl groups excluding tert-OH is 1. The Hall–Kier alpha value is -0.860. The molecule has 1 aromatic carbocycles. The third-order valence-electron chi connectivity index (χ3n) is 3.68. The molecule has 2 rings (SSSR count). The van der Waals surface area contributed by atoms with Gasteiger partial charge in [0.2, 0.25) is 0 Å². The lowest BCUT2D eigenvalue weighted by molar-refractivity contribution is 0.161. The van der Waals surface area contributed by atoms with Crippen molar-refractivity contribution in [2.24, 2.45) is 0 Å². The number of rotatable bonds is 3. The maximum atomic E-state index is 9.54. The van der Waals surface area contributed by atoms with Crippen molar-refractivity contribution in [3.05, 3.63) is 35.4 Å². The van der Waals surface area contributed by atoms with Crippen molar-refractivity contribution in [3.63, 3.8) is 0 Å². The SMILES string of the molecule is Cc1ccccc1CN(C)C1CCC(O)C1. The molecule has 0 bridgehead atoms. The van der Waals surface area contributed by atoms with Gasteiger partial charge in [-0.05, 0) is 44.4 Å². The van der Waals surface area contributed by atoms with E-state index >= 15 is 0 Å². The Bertz CT molecular complexity index is 350. The molecule has 0 amide bonds. The zero-order valence-corrected chi connectivity index (χ0v) is 10.2. The molecule has 16 heavy (non-hydrogen) atoms. The van der Waals surface area contributed by atoms with Crippen LogP contribution in [0, 0.1) is 6.92 Å². The summed E-state index contributed by atoms with van der Waals surface area (Å²) in [4.78, 5) is 2.37. The third-order valence-corrected chi connectivity index (χ3v) is 3.68. The van der Waals surface area contributed by atoms with Gasteiger partial charge in [0, 0.05) is 12.6 Å². The fourth-order valence-corrected chi connectivity index (χ4v) is 2.52. The molecule has 0 saturated heterocycles. The molecular formula is C14H21NO. The Kier molecular flexibility index (Phi) is 3.62. The maximum Gasteiger partial charge on any atom is 0.0555 e. The van der Waals surface area contributed by atoms with Gasteiger partial charge in [-0.2, -0.15) is 0 Å². The highest BCUT2D eigenvalue weighted by molar-refractivity contribution is 5.25. The van der Waals surface area contributed by atoms with Gasteiger partial charge >= 0.3 is 0 Å². The minimum atomic E-state index is -0.0793. The van der Waals surface area contributed by atoms with Gasteiger partial charge < -0.3 is 5.11 Å². The first kappa shape index (κ1) is 11.6. The monoisotopic (exact) mass is 219 g/mol. The Labute approximate surface area is 97.9 Å². The number of nitrogens with zero attached hydrogens (tertiary/aromatic N) is 1. The predicted molar refractivity (Wildman–Crippen MR) is 66.3 cm³/mol. The van der Waals surface area contributed by atoms with Gasteiger partial charge in [-0.15, -0.1) is 0 Å². The van der Waals surface area contributed by atoms with Crippen LogP contribution in [0.15, 0.2) is 24.3 Å². The van der Waals surface area contributed by atoms with Crippen LogP contribution in [-0.4, -0.2) is 29.2 Å². The van der Waals surface area contributed by atoms with Crippen molar-refractivity contribution in [1.82, 2.24) is 4.90 Å². The Morgan fingerprint density at radius 3 is 2.69 bits per heavy atom. The third kappa shape index (κ3) is 2.63. The highest BCUT2D eigenvalue weighted by atomic mass is 16.3. The van der Waals surface area contributed by atoms with Crippen molar-refractivity contribution in [3.8, 4) is 0 Å². The fraction of sp³-hybridized carbons (Fsp3) is 0.571. The molecule has 0 spiro atoms. The van der Waals surface area contributed by atoms with Crippen LogP contribution >= 0.6 is 0 Å². The standard InChI is InChI=1S/C14H21NO/c1-11-5-3-4-6-12(11)10-15(2)13-7-8-14(16)9-13/h3-6,13-14,16H,7-10H2,1-2H3. The van der Waals surface area contributed by atoms with Gasteiger partial charge in [0.15, 0.2) is 0 Å². The summed E-state index contributed by atoms with van der Waals surface area (Å²) in [6.45, 7) is 3.15. The number of aliphatic hydroxyl groups is 1. The Balaban J connectivity index is 1.97. The minimum absolute atomic E-state index is 0.0793. The van der Waals surface area contributed by atoms with E-state index in [2.05, 4.69) is 43.1 Å². The van der Waals surface area contributed by atoms with Gasteiger partial charge in [0.25, 0.3) is 0 Å². The number of hydrogen-bond acceptors (Lipinski definition) is 2. The molecule has 1 aliphatic rings. The van der Waals surface area contributed by atoms with Crippen molar-refractivity contribution >= 4 is 0 Å². The average molecular weight is 219 g/mol. The van der Waals surface area contributed by atoms with Crippen LogP contribution in [0.5, 0.6) is 0 Å². The second-order valence-corrected chi connectivity index (χ2v) is 4.96. The van der Waals surface area contributed by atoms with Crippen molar-refractivity contribution < 1.29 is 5.11 Å². The van der Waals surface area contributed by atoms with Gasteiger partial charge in [-0.3, -0.25) is 4.90 Å². The molecular weight excluding hydrogens is 198 g/mol. The van der Waals surface area contributed by atoms with E-state index in [4.69, 9.17) is 0 Å². The van der Waals surface area contributed by atoms with Crippen LogP contribution in [0.25, 0.3) is 0 Å². The summed E-state index contributed by atoms with van der Waals surface area (Å²) in [5, 5.41) is 9.54. The van der Waals surface area contributed by atoms with E-state index in [1.165, 1.54) is 11.1 Å². The smallest absolute Gasteiger partial charge is 0.0555 e. The second-order valence-electron chi connectivity index (χ2n) is 4.96. The highest BCUT2D eigenvalue weighted by Gasteiger charge is 2.25. The molecule has 2 unspecified atom stereocenters. The zero-order valence-electron chi connectivity index (χ0n) is 10.2. The zero-order chi connectivity index (χ0) is 11.5. The summed E-state index contributed by atoms with van der Waals surface area (Å²) in [6, 6.07) is 9.08. The van der Waals surface area contributed by atoms with Crippen LogP contribution in [0.3, 0.4) is 0 Å². The van der Waals surface area contributed by atoms with E-state index in [0.29, 0.717) is 6.04 Å². The second kappa shape index (κ2) is 4.98. The summed E-state index contributed by atoms with van der Waals surface area (Å²) in [6.07, 6.45) is 2.94. The van der Waals surface area contributed by atoms with Crippen LogP contribution in [-0.2, 0) is 6.54 Å². The topological polar surface area (TPSA) is 23.5 Å². The molecule has 0 aliphatic heterocycles. The summed E-state index contributed by atoms with van der Waals surface area (Å²) >= 11 is 0. The van der Waals surface area contributed by atoms with Gasteiger partial charge in [0.05, 0.1) is 6.10 Å². The first-order valence-electron chi connectivity index (χ1n) is 6.09. The first-order valence-corrected chi connectivity index (χ1v) is 6.09. The summed E-state index contributed by atoms with van der Waals surface area (Å²) in [7, 11) is 2.16. The van der Waals surface area contributed by atoms with Gasteiger partial charge in [-0.25, -0.2) is 0 Å². The first-order chi connectivity index (χ1) is 7.66. The lowest BCUT2D eigenvalue weighted by Crippen LogP contribution is -2.29. The molecule has 1 saturated carbocycles. The number of hydrogen-bond donors (Lipinski definition) is 1. The van der Waals surface area contributed by atoms with Crippen LogP contribution in [0.4, 0.5) is 0 Å². The summed E-state index contributed by atoms with van der Waals surface area (Å²) in [5.41, 5.74) is 2.75. The highest BCUT2D eigenvalue weighted by Crippen LogP contribution is 2.24. The van der Waals surface area contributed by atoms with Crippen LogP contribution in [0.2, 0.25) is 0 Å². The molecule has 2 nitrogen and oxygen atoms in total. The molecule has 0 heterocycles. The molecule has 1 N–H and O–H groups in total. The molecule has 1 aromatic rings.